The first-order valence-corrected chi connectivity index (χ1v) is 10.4. The second-order valence-electron chi connectivity index (χ2n) is 6.83. The van der Waals surface area contributed by atoms with Crippen molar-refractivity contribution in [1.29, 1.82) is 0 Å². The monoisotopic (exact) mass is 492 g/mol. The van der Waals surface area contributed by atoms with Gasteiger partial charge in [-0.3, -0.25) is 4.79 Å². The largest absolute Gasteiger partial charge is 0.496 e. The summed E-state index contributed by atoms with van der Waals surface area (Å²) >= 11 is 5.84. The molecule has 0 aliphatic carbocycles. The molecule has 0 heterocycles. The third-order valence-electron chi connectivity index (χ3n) is 4.56. The second-order valence-corrected chi connectivity index (χ2v) is 7.27. The first-order valence-electron chi connectivity index (χ1n) is 10.1. The molecule has 2 aromatic carbocycles. The Kier molecular flexibility index (Phi) is 9.96. The molecule has 0 saturated heterocycles. The Morgan fingerprint density at radius 2 is 1.71 bits per heavy atom. The summed E-state index contributed by atoms with van der Waals surface area (Å²) in [6.45, 7) is 0.0587. The van der Waals surface area contributed by atoms with Crippen molar-refractivity contribution in [3.8, 4) is 11.5 Å². The number of benzene rings is 2. The number of carboxylic acid groups (broad SMARTS) is 1. The summed E-state index contributed by atoms with van der Waals surface area (Å²) in [5.41, 5.74) is 6.41. The van der Waals surface area contributed by atoms with Crippen molar-refractivity contribution in [2.75, 3.05) is 20.8 Å². The number of ether oxygens (including phenoxy) is 2. The predicted octanol–water partition coefficient (Wildman–Crippen LogP) is 2.37. The smallest absolute Gasteiger partial charge is 0.404 e. The van der Waals surface area contributed by atoms with Crippen LogP contribution in [0.25, 0.3) is 0 Å². The van der Waals surface area contributed by atoms with Gasteiger partial charge in [0.05, 0.1) is 14.2 Å². The maximum atomic E-state index is 13.0. The van der Waals surface area contributed by atoms with Crippen LogP contribution in [0.4, 0.5) is 4.79 Å². The molecule has 0 saturated carbocycles. The van der Waals surface area contributed by atoms with Gasteiger partial charge in [-0.1, -0.05) is 22.8 Å². The molecule has 0 radical (unpaired) electrons. The average molecular weight is 493 g/mol. The molecule has 2 aromatic rings. The lowest BCUT2D eigenvalue weighted by Gasteiger charge is -2.18. The lowest BCUT2D eigenvalue weighted by Crippen LogP contribution is -2.42. The summed E-state index contributed by atoms with van der Waals surface area (Å²) in [6.07, 6.45) is -0.924. The second kappa shape index (κ2) is 12.9. The normalized spacial score (nSPS) is 11.8. The van der Waals surface area contributed by atoms with E-state index in [0.29, 0.717) is 10.6 Å². The fourth-order valence-corrected chi connectivity index (χ4v) is 3.01. The van der Waals surface area contributed by atoms with E-state index in [2.05, 4.69) is 15.8 Å². The fraction of sp³-hybridized carbons (Fsp3) is 0.273. The lowest BCUT2D eigenvalue weighted by molar-refractivity contribution is -0.146. The van der Waals surface area contributed by atoms with Crippen molar-refractivity contribution >= 4 is 35.4 Å². The fourth-order valence-electron chi connectivity index (χ4n) is 2.89. The Morgan fingerprint density at radius 1 is 1.09 bits per heavy atom. The highest BCUT2D eigenvalue weighted by Gasteiger charge is 2.27. The Labute approximate surface area is 200 Å². The molecular weight excluding hydrogens is 468 g/mol. The third kappa shape index (κ3) is 7.55. The zero-order valence-corrected chi connectivity index (χ0v) is 19.3. The topological polar surface area (TPSA) is 162 Å². The zero-order chi connectivity index (χ0) is 25.1. The van der Waals surface area contributed by atoms with E-state index >= 15 is 0 Å². The number of hydrogen-bond acceptors (Lipinski definition) is 7. The molecule has 34 heavy (non-hydrogen) atoms. The van der Waals surface area contributed by atoms with E-state index in [0.717, 1.165) is 0 Å². The minimum atomic E-state index is -1.21. The van der Waals surface area contributed by atoms with Crippen molar-refractivity contribution in [2.45, 2.75) is 18.9 Å². The van der Waals surface area contributed by atoms with Gasteiger partial charge in [0.2, 0.25) is 0 Å². The number of nitrogens with one attached hydrogen (secondary N) is 2. The Balaban J connectivity index is 2.19. The van der Waals surface area contributed by atoms with Crippen LogP contribution in [0.3, 0.4) is 0 Å². The molecule has 12 heteroatoms. The number of amidine groups is 1. The summed E-state index contributed by atoms with van der Waals surface area (Å²) in [6, 6.07) is 10.0. The van der Waals surface area contributed by atoms with Crippen LogP contribution in [-0.4, -0.2) is 55.7 Å². The molecule has 0 fully saturated rings. The van der Waals surface area contributed by atoms with Gasteiger partial charge in [0.25, 0.3) is 5.91 Å². The van der Waals surface area contributed by atoms with E-state index < -0.39 is 24.0 Å². The van der Waals surface area contributed by atoms with Crippen LogP contribution in [0, 0.1) is 0 Å². The van der Waals surface area contributed by atoms with Crippen LogP contribution in [0.5, 0.6) is 11.5 Å². The van der Waals surface area contributed by atoms with E-state index in [4.69, 9.17) is 36.8 Å². The lowest BCUT2D eigenvalue weighted by atomic mass is 10.1. The number of halogens is 1. The molecule has 2 amide bonds. The van der Waals surface area contributed by atoms with E-state index in [-0.39, 0.29) is 42.3 Å². The number of nitrogens with two attached hydrogens (primary N) is 1. The Hall–Kier alpha value is -3.99. The first-order chi connectivity index (χ1) is 16.3. The van der Waals surface area contributed by atoms with Crippen LogP contribution >= 0.6 is 11.6 Å². The summed E-state index contributed by atoms with van der Waals surface area (Å²) in [5, 5.41) is 17.6. The number of methoxy groups -OCH3 is 2. The van der Waals surface area contributed by atoms with Gasteiger partial charge < -0.3 is 35.8 Å². The van der Waals surface area contributed by atoms with Gasteiger partial charge in [0, 0.05) is 17.1 Å². The number of oxime groups is 1. The molecule has 5 N–H and O–H groups in total. The summed E-state index contributed by atoms with van der Waals surface area (Å²) in [4.78, 5) is 41.3. The van der Waals surface area contributed by atoms with Gasteiger partial charge in [-0.15, -0.1) is 0 Å². The van der Waals surface area contributed by atoms with Gasteiger partial charge in [-0.2, -0.15) is 0 Å². The van der Waals surface area contributed by atoms with Gasteiger partial charge >= 0.3 is 12.1 Å². The van der Waals surface area contributed by atoms with Crippen molar-refractivity contribution in [3.63, 3.8) is 0 Å². The molecule has 0 bridgehead atoms. The molecule has 2 rings (SSSR count). The number of hydrogen-bond donors (Lipinski definition) is 4. The molecule has 0 aliphatic heterocycles. The highest BCUT2D eigenvalue weighted by Crippen LogP contribution is 2.28. The first kappa shape index (κ1) is 26.3. The molecular formula is C22H25ClN4O7. The Bertz CT molecular complexity index is 1020. The van der Waals surface area contributed by atoms with Crippen LogP contribution in [0.2, 0.25) is 5.02 Å². The number of nitrogens with zero attached hydrogens (tertiary/aromatic N) is 1. The highest BCUT2D eigenvalue weighted by molar-refractivity contribution is 6.30. The van der Waals surface area contributed by atoms with Crippen molar-refractivity contribution < 1.29 is 33.8 Å². The molecule has 1 unspecified atom stereocenters. The molecule has 0 aliphatic rings. The van der Waals surface area contributed by atoms with Crippen molar-refractivity contribution in [2.24, 2.45) is 10.9 Å². The molecule has 0 aromatic heterocycles. The van der Waals surface area contributed by atoms with E-state index in [1.807, 2.05) is 0 Å². The van der Waals surface area contributed by atoms with Crippen LogP contribution in [-0.2, 0) is 9.63 Å². The molecule has 182 valence electrons. The van der Waals surface area contributed by atoms with Gasteiger partial charge in [-0.25, -0.2) is 9.59 Å². The number of carbonyl (C=O) groups excluding carboxylic acids is 2. The Morgan fingerprint density at radius 3 is 2.26 bits per heavy atom. The van der Waals surface area contributed by atoms with Gasteiger partial charge in [-0.05, 0) is 49.2 Å². The number of carbonyl (C=O) groups is 3. The summed E-state index contributed by atoms with van der Waals surface area (Å²) < 4.78 is 10.5. The summed E-state index contributed by atoms with van der Waals surface area (Å²) in [5.74, 6) is -1.15. The molecule has 0 spiro atoms. The molecule has 11 nitrogen and oxygen atoms in total. The number of amides is 2. The molecule has 1 atom stereocenters. The van der Waals surface area contributed by atoms with Crippen molar-refractivity contribution in [3.05, 3.63) is 58.6 Å². The maximum absolute atomic E-state index is 13.0. The minimum Gasteiger partial charge on any atom is -0.496 e. The standard InChI is InChI=1S/C22H25ClN4O7/c1-32-16-6-3-7-17(33-2)18(16)20(28)26-15(5-4-12-25-22(30)31)21(29)34-27-19(24)13-8-10-14(23)11-9-13/h3,6-11,15,25H,4-5,12H2,1-2H3,(H2,24,27)(H,26,28)(H,30,31). The zero-order valence-electron chi connectivity index (χ0n) is 18.5. The SMILES string of the molecule is COc1cccc(OC)c1C(=O)NC(CCCNC(=O)O)C(=O)ON=C(N)c1ccc(Cl)cc1. The van der Waals surface area contributed by atoms with Gasteiger partial charge in [0.1, 0.15) is 23.1 Å². The van der Waals surface area contributed by atoms with Crippen LogP contribution < -0.4 is 25.8 Å². The van der Waals surface area contributed by atoms with Crippen LogP contribution in [0.1, 0.15) is 28.8 Å². The van der Waals surface area contributed by atoms with Gasteiger partial charge in [0.15, 0.2) is 5.84 Å². The highest BCUT2D eigenvalue weighted by atomic mass is 35.5. The predicted molar refractivity (Wildman–Crippen MR) is 124 cm³/mol. The van der Waals surface area contributed by atoms with E-state index in [1.165, 1.54) is 14.2 Å². The van der Waals surface area contributed by atoms with E-state index in [1.54, 1.807) is 42.5 Å². The minimum absolute atomic E-state index is 0.0543. The average Bonchev–Trinajstić information content (AvgIpc) is 2.83. The number of rotatable bonds is 11. The van der Waals surface area contributed by atoms with Crippen LogP contribution in [0.15, 0.2) is 47.6 Å². The quantitative estimate of drug-likeness (QED) is 0.122. The third-order valence-corrected chi connectivity index (χ3v) is 4.82. The summed E-state index contributed by atoms with van der Waals surface area (Å²) in [7, 11) is 2.78. The maximum Gasteiger partial charge on any atom is 0.404 e. The van der Waals surface area contributed by atoms with Crippen molar-refractivity contribution in [1.82, 2.24) is 10.6 Å². The van der Waals surface area contributed by atoms with E-state index in [9.17, 15) is 14.4 Å².